The lowest BCUT2D eigenvalue weighted by atomic mass is 10.0. The number of carbonyl (C=O) groups is 2. The van der Waals surface area contributed by atoms with E-state index in [1.807, 2.05) is 54.6 Å². The lowest BCUT2D eigenvalue weighted by Crippen LogP contribution is -2.29. The molecule has 1 amide bonds. The van der Waals surface area contributed by atoms with Gasteiger partial charge in [0.15, 0.2) is 11.4 Å². The normalized spacial score (nSPS) is 11.7. The van der Waals surface area contributed by atoms with Crippen molar-refractivity contribution in [3.05, 3.63) is 78.4 Å². The summed E-state index contributed by atoms with van der Waals surface area (Å²) in [5.41, 5.74) is 2.87. The van der Waals surface area contributed by atoms with Crippen molar-refractivity contribution in [2.45, 2.75) is 26.8 Å². The molecular formula is C27H26N4O5. The van der Waals surface area contributed by atoms with Crippen LogP contribution in [0, 0.1) is 5.92 Å². The number of rotatable bonds is 8. The number of nitrogens with zero attached hydrogens (tertiary/aromatic N) is 3. The first-order valence-electron chi connectivity index (χ1n) is 11.4. The highest BCUT2D eigenvalue weighted by molar-refractivity contribution is 5.97. The Bertz CT molecular complexity index is 1350. The van der Waals surface area contributed by atoms with E-state index in [-0.39, 0.29) is 23.1 Å². The van der Waals surface area contributed by atoms with Gasteiger partial charge in [-0.3, -0.25) is 9.59 Å². The fraction of sp³-hybridized carbons (Fsp3) is 0.222. The first-order chi connectivity index (χ1) is 17.4. The number of aromatic nitrogens is 3. The minimum atomic E-state index is -0.635. The zero-order chi connectivity index (χ0) is 25.7. The maximum Gasteiger partial charge on any atom is 0.313 e. The molecule has 2 heterocycles. The van der Waals surface area contributed by atoms with E-state index in [9.17, 15) is 9.59 Å². The van der Waals surface area contributed by atoms with Gasteiger partial charge < -0.3 is 19.3 Å². The smallest absolute Gasteiger partial charge is 0.313 e. The fourth-order valence-electron chi connectivity index (χ4n) is 3.37. The largest absolute Gasteiger partial charge is 0.493 e. The number of hydrogen-bond acceptors (Lipinski definition) is 8. The third-order valence-electron chi connectivity index (χ3n) is 5.39. The standard InChI is InChI=1S/C27H26N4O5/c1-16(2)27(33)35-23-21(34-4)14-15-28-22(23)25(32)29-17(3)26-30-24(31-36-26)20-12-10-19(11-13-20)18-8-6-5-7-9-18/h5-17H,1-4H3,(H,29,32)/t17-/m0/s1. The molecule has 9 nitrogen and oxygen atoms in total. The van der Waals surface area contributed by atoms with Gasteiger partial charge in [0.1, 0.15) is 6.04 Å². The maximum absolute atomic E-state index is 13.0. The molecule has 0 saturated carbocycles. The molecule has 1 N–H and O–H groups in total. The van der Waals surface area contributed by atoms with Crippen LogP contribution in [0.3, 0.4) is 0 Å². The van der Waals surface area contributed by atoms with Crippen LogP contribution in [0.2, 0.25) is 0 Å². The summed E-state index contributed by atoms with van der Waals surface area (Å²) in [4.78, 5) is 33.7. The van der Waals surface area contributed by atoms with Crippen molar-refractivity contribution in [1.29, 1.82) is 0 Å². The van der Waals surface area contributed by atoms with E-state index in [4.69, 9.17) is 14.0 Å². The van der Waals surface area contributed by atoms with Crippen LogP contribution in [-0.4, -0.2) is 34.1 Å². The monoisotopic (exact) mass is 486 g/mol. The van der Waals surface area contributed by atoms with Gasteiger partial charge >= 0.3 is 5.97 Å². The Labute approximate surface area is 208 Å². The molecular weight excluding hydrogens is 460 g/mol. The SMILES string of the molecule is COc1ccnc(C(=O)N[C@@H](C)c2nc(-c3ccc(-c4ccccc4)cc3)no2)c1OC(=O)C(C)C. The molecule has 0 bridgehead atoms. The molecule has 0 saturated heterocycles. The molecule has 0 aliphatic rings. The number of esters is 1. The Kier molecular flexibility index (Phi) is 7.39. The van der Waals surface area contributed by atoms with Gasteiger partial charge in [0.2, 0.25) is 17.5 Å². The van der Waals surface area contributed by atoms with E-state index in [1.54, 1.807) is 20.8 Å². The summed E-state index contributed by atoms with van der Waals surface area (Å²) >= 11 is 0. The minimum Gasteiger partial charge on any atom is -0.493 e. The quantitative estimate of drug-likeness (QED) is 0.351. The third kappa shape index (κ3) is 5.41. The van der Waals surface area contributed by atoms with E-state index >= 15 is 0 Å². The molecule has 0 aliphatic heterocycles. The lowest BCUT2D eigenvalue weighted by molar-refractivity contribution is -0.137. The van der Waals surface area contributed by atoms with Gasteiger partial charge in [-0.25, -0.2) is 4.98 Å². The van der Waals surface area contributed by atoms with Gasteiger partial charge in [0.05, 0.1) is 13.0 Å². The van der Waals surface area contributed by atoms with Crippen LogP contribution >= 0.6 is 0 Å². The van der Waals surface area contributed by atoms with Crippen LogP contribution in [0.5, 0.6) is 11.5 Å². The second kappa shape index (κ2) is 10.8. The van der Waals surface area contributed by atoms with Gasteiger partial charge in [0.25, 0.3) is 5.91 Å². The number of benzene rings is 2. The van der Waals surface area contributed by atoms with Crippen molar-refractivity contribution in [2.24, 2.45) is 5.92 Å². The van der Waals surface area contributed by atoms with Crippen LogP contribution in [0.15, 0.2) is 71.4 Å². The number of carbonyl (C=O) groups excluding carboxylic acids is 2. The second-order valence-corrected chi connectivity index (χ2v) is 8.36. The first kappa shape index (κ1) is 24.6. The van der Waals surface area contributed by atoms with Gasteiger partial charge in [-0.15, -0.1) is 0 Å². The van der Waals surface area contributed by atoms with Crippen molar-refractivity contribution in [3.63, 3.8) is 0 Å². The molecule has 0 unspecified atom stereocenters. The Balaban J connectivity index is 1.49. The summed E-state index contributed by atoms with van der Waals surface area (Å²) in [5, 5.41) is 6.81. The third-order valence-corrected chi connectivity index (χ3v) is 5.39. The summed E-state index contributed by atoms with van der Waals surface area (Å²) in [6.07, 6.45) is 1.40. The molecule has 0 radical (unpaired) electrons. The minimum absolute atomic E-state index is 0.0480. The van der Waals surface area contributed by atoms with Crippen molar-refractivity contribution < 1.29 is 23.6 Å². The molecule has 4 aromatic rings. The Morgan fingerprint density at radius 1 is 0.917 bits per heavy atom. The van der Waals surface area contributed by atoms with Crippen LogP contribution in [0.4, 0.5) is 0 Å². The topological polar surface area (TPSA) is 116 Å². The van der Waals surface area contributed by atoms with E-state index in [1.165, 1.54) is 19.4 Å². The summed E-state index contributed by atoms with van der Waals surface area (Å²) in [6.45, 7) is 5.08. The molecule has 4 rings (SSSR count). The summed E-state index contributed by atoms with van der Waals surface area (Å²) < 4.78 is 16.1. The van der Waals surface area contributed by atoms with Crippen molar-refractivity contribution in [3.8, 4) is 34.0 Å². The van der Waals surface area contributed by atoms with Gasteiger partial charge in [-0.2, -0.15) is 4.98 Å². The molecule has 2 aromatic carbocycles. The summed E-state index contributed by atoms with van der Waals surface area (Å²) in [6, 6.07) is 18.7. The predicted octanol–water partition coefficient (Wildman–Crippen LogP) is 4.86. The molecule has 36 heavy (non-hydrogen) atoms. The van der Waals surface area contributed by atoms with Crippen LogP contribution in [0.25, 0.3) is 22.5 Å². The second-order valence-electron chi connectivity index (χ2n) is 8.36. The van der Waals surface area contributed by atoms with Gasteiger partial charge in [-0.05, 0) is 18.1 Å². The summed E-state index contributed by atoms with van der Waals surface area (Å²) in [7, 11) is 1.42. The maximum atomic E-state index is 13.0. The van der Waals surface area contributed by atoms with Crippen molar-refractivity contribution >= 4 is 11.9 Å². The molecule has 0 aliphatic carbocycles. The van der Waals surface area contributed by atoms with E-state index in [0.29, 0.717) is 5.82 Å². The van der Waals surface area contributed by atoms with E-state index < -0.39 is 23.8 Å². The Hall–Kier alpha value is -4.53. The Morgan fingerprint density at radius 2 is 1.58 bits per heavy atom. The number of nitrogens with one attached hydrogen (secondary N) is 1. The van der Waals surface area contributed by atoms with Crippen LogP contribution in [-0.2, 0) is 4.79 Å². The average Bonchev–Trinajstić information content (AvgIpc) is 3.40. The number of hydrogen-bond donors (Lipinski definition) is 1. The predicted molar refractivity (Wildman–Crippen MR) is 132 cm³/mol. The molecule has 9 heteroatoms. The van der Waals surface area contributed by atoms with Gasteiger partial charge in [-0.1, -0.05) is 73.6 Å². The van der Waals surface area contributed by atoms with Crippen LogP contribution in [0.1, 0.15) is 43.2 Å². The molecule has 0 fully saturated rings. The fourth-order valence-corrected chi connectivity index (χ4v) is 3.37. The molecule has 0 spiro atoms. The zero-order valence-electron chi connectivity index (χ0n) is 20.4. The van der Waals surface area contributed by atoms with E-state index in [0.717, 1.165) is 16.7 Å². The highest BCUT2D eigenvalue weighted by Gasteiger charge is 2.25. The first-order valence-corrected chi connectivity index (χ1v) is 11.4. The van der Waals surface area contributed by atoms with Gasteiger partial charge in [0, 0.05) is 17.8 Å². The lowest BCUT2D eigenvalue weighted by Gasteiger charge is -2.15. The zero-order valence-corrected chi connectivity index (χ0v) is 20.4. The molecule has 1 atom stereocenters. The number of ether oxygens (including phenoxy) is 2. The number of pyridine rings is 1. The highest BCUT2D eigenvalue weighted by atomic mass is 16.6. The highest BCUT2D eigenvalue weighted by Crippen LogP contribution is 2.31. The van der Waals surface area contributed by atoms with E-state index in [2.05, 4.69) is 20.4 Å². The average molecular weight is 487 g/mol. The molecule has 2 aromatic heterocycles. The summed E-state index contributed by atoms with van der Waals surface area (Å²) in [5.74, 6) is -0.707. The molecule has 184 valence electrons. The Morgan fingerprint density at radius 3 is 2.25 bits per heavy atom. The number of methoxy groups -OCH3 is 1. The van der Waals surface area contributed by atoms with Crippen molar-refractivity contribution in [1.82, 2.24) is 20.4 Å². The van der Waals surface area contributed by atoms with Crippen LogP contribution < -0.4 is 14.8 Å². The number of amides is 1. The van der Waals surface area contributed by atoms with Crippen molar-refractivity contribution in [2.75, 3.05) is 7.11 Å².